The van der Waals surface area contributed by atoms with Gasteiger partial charge in [-0.1, -0.05) is 18.2 Å². The first-order valence-corrected chi connectivity index (χ1v) is 12.7. The molecule has 8 nitrogen and oxygen atoms in total. The molecule has 2 N–H and O–H groups in total. The predicted molar refractivity (Wildman–Crippen MR) is 136 cm³/mol. The average molecular weight is 478 g/mol. The van der Waals surface area contributed by atoms with Crippen molar-refractivity contribution in [3.8, 4) is 0 Å². The Bertz CT molecular complexity index is 1210. The van der Waals surface area contributed by atoms with Crippen LogP contribution in [0, 0.1) is 6.92 Å². The van der Waals surface area contributed by atoms with Gasteiger partial charge in [0, 0.05) is 44.4 Å². The molecule has 186 valence electrons. The maximum absolute atomic E-state index is 12.4. The predicted octanol–water partition coefficient (Wildman–Crippen LogP) is 3.87. The highest BCUT2D eigenvalue weighted by Crippen LogP contribution is 2.33. The van der Waals surface area contributed by atoms with Crippen LogP contribution in [0.3, 0.4) is 0 Å². The van der Waals surface area contributed by atoms with Gasteiger partial charge in [-0.2, -0.15) is 5.10 Å². The fourth-order valence-corrected chi connectivity index (χ4v) is 5.55. The minimum Gasteiger partial charge on any atom is -0.480 e. The van der Waals surface area contributed by atoms with E-state index in [4.69, 9.17) is 9.72 Å². The fraction of sp³-hybridized carbons (Fsp3) is 0.519. The van der Waals surface area contributed by atoms with Gasteiger partial charge in [-0.25, -0.2) is 4.98 Å². The molecule has 0 amide bonds. The summed E-state index contributed by atoms with van der Waals surface area (Å²) in [5.41, 5.74) is 5.09. The molecule has 1 unspecified atom stereocenters. The number of hydrogen-bond donors (Lipinski definition) is 2. The van der Waals surface area contributed by atoms with Gasteiger partial charge in [0.1, 0.15) is 11.9 Å². The maximum Gasteiger partial charge on any atom is 0.325 e. The van der Waals surface area contributed by atoms with E-state index in [0.29, 0.717) is 19.7 Å². The van der Waals surface area contributed by atoms with Crippen LogP contribution in [0.1, 0.15) is 54.2 Å². The number of benzene rings is 1. The molecule has 1 aromatic carbocycles. The van der Waals surface area contributed by atoms with Crippen LogP contribution in [0.4, 0.5) is 5.82 Å². The normalized spacial score (nSPS) is 19.0. The molecule has 0 aliphatic carbocycles. The van der Waals surface area contributed by atoms with Crippen molar-refractivity contribution in [2.45, 2.75) is 57.6 Å². The van der Waals surface area contributed by atoms with E-state index >= 15 is 0 Å². The molecule has 2 atom stereocenters. The van der Waals surface area contributed by atoms with E-state index in [0.717, 1.165) is 72.3 Å². The molecule has 0 bridgehead atoms. The third kappa shape index (κ3) is 5.04. The third-order valence-corrected chi connectivity index (χ3v) is 7.29. The zero-order valence-corrected chi connectivity index (χ0v) is 20.7. The zero-order valence-electron chi connectivity index (χ0n) is 20.7. The van der Waals surface area contributed by atoms with Gasteiger partial charge in [-0.05, 0) is 68.7 Å². The summed E-state index contributed by atoms with van der Waals surface area (Å²) < 4.78 is 7.98. The Kier molecular flexibility index (Phi) is 7.02. The van der Waals surface area contributed by atoms with Gasteiger partial charge in [0.25, 0.3) is 0 Å². The summed E-state index contributed by atoms with van der Waals surface area (Å²) >= 11 is 0. The molecule has 5 rings (SSSR count). The van der Waals surface area contributed by atoms with E-state index in [9.17, 15) is 9.90 Å². The van der Waals surface area contributed by atoms with E-state index in [-0.39, 0.29) is 6.10 Å². The number of fused-ring (bicyclic) bond motifs is 2. The summed E-state index contributed by atoms with van der Waals surface area (Å²) in [4.78, 5) is 19.2. The molecule has 0 radical (unpaired) electrons. The minimum atomic E-state index is -0.826. The number of nitrogens with zero attached hydrogens (tertiary/aromatic N) is 4. The Labute approximate surface area is 206 Å². The summed E-state index contributed by atoms with van der Waals surface area (Å²) in [7, 11) is 1.90. The lowest BCUT2D eigenvalue weighted by Crippen LogP contribution is -2.33. The molecule has 0 saturated carbocycles. The van der Waals surface area contributed by atoms with Gasteiger partial charge in [0.2, 0.25) is 0 Å². The largest absolute Gasteiger partial charge is 0.480 e. The van der Waals surface area contributed by atoms with Gasteiger partial charge in [0.05, 0.1) is 17.3 Å². The third-order valence-electron chi connectivity index (χ3n) is 7.29. The summed E-state index contributed by atoms with van der Waals surface area (Å²) in [6.07, 6.45) is 6.16. The highest BCUT2D eigenvalue weighted by atomic mass is 16.5. The molecular formula is C27H35N5O3. The fourth-order valence-electron chi connectivity index (χ4n) is 5.55. The molecule has 35 heavy (non-hydrogen) atoms. The first-order valence-electron chi connectivity index (χ1n) is 12.7. The van der Waals surface area contributed by atoms with Crippen LogP contribution in [0.5, 0.6) is 0 Å². The van der Waals surface area contributed by atoms with Gasteiger partial charge < -0.3 is 15.2 Å². The van der Waals surface area contributed by atoms with Crippen LogP contribution < -0.4 is 5.32 Å². The number of pyridine rings is 1. The Morgan fingerprint density at radius 2 is 2.17 bits per heavy atom. The molecule has 1 saturated heterocycles. The molecule has 2 aliphatic heterocycles. The Balaban J connectivity index is 1.14. The average Bonchev–Trinajstić information content (AvgIpc) is 3.43. The second-order valence-corrected chi connectivity index (χ2v) is 9.77. The Morgan fingerprint density at radius 1 is 1.29 bits per heavy atom. The van der Waals surface area contributed by atoms with Crippen LogP contribution in [0.2, 0.25) is 0 Å². The molecule has 2 aliphatic rings. The zero-order chi connectivity index (χ0) is 24.4. The molecule has 8 heteroatoms. The number of aliphatic carboxylic acids is 1. The number of aryl methyl sites for hydroxylation is 4. The van der Waals surface area contributed by atoms with Gasteiger partial charge in [0.15, 0.2) is 0 Å². The monoisotopic (exact) mass is 477 g/mol. The van der Waals surface area contributed by atoms with Crippen molar-refractivity contribution in [1.29, 1.82) is 0 Å². The minimum absolute atomic E-state index is 0.0668. The highest BCUT2D eigenvalue weighted by Gasteiger charge is 2.35. The van der Waals surface area contributed by atoms with E-state index in [1.165, 1.54) is 12.0 Å². The number of carboxylic acids is 1. The second-order valence-electron chi connectivity index (χ2n) is 9.77. The van der Waals surface area contributed by atoms with Gasteiger partial charge in [-0.15, -0.1) is 0 Å². The Hall–Kier alpha value is -2.97. The summed E-state index contributed by atoms with van der Waals surface area (Å²) in [6, 6.07) is 9.50. The number of likely N-dealkylation sites (tertiary alicyclic amines) is 1. The number of rotatable bonds is 9. The number of nitrogens with one attached hydrogen (secondary N) is 1. The second kappa shape index (κ2) is 10.3. The van der Waals surface area contributed by atoms with Crippen molar-refractivity contribution in [3.63, 3.8) is 0 Å². The van der Waals surface area contributed by atoms with Crippen molar-refractivity contribution in [3.05, 3.63) is 52.8 Å². The molecule has 4 heterocycles. The van der Waals surface area contributed by atoms with Crippen LogP contribution in [0.15, 0.2) is 30.3 Å². The SMILES string of the molecule is Cc1nn(C)c2cccc(C(C(=O)O)N3CC[C@@H](OCCCCc4ccc5c(n4)NCCC5)C3)c12. The topological polar surface area (TPSA) is 92.5 Å². The summed E-state index contributed by atoms with van der Waals surface area (Å²) in [6.45, 7) is 4.98. The van der Waals surface area contributed by atoms with E-state index in [1.54, 1.807) is 0 Å². The van der Waals surface area contributed by atoms with E-state index in [2.05, 4.69) is 22.5 Å². The molecule has 2 aromatic heterocycles. The lowest BCUT2D eigenvalue weighted by atomic mass is 9.99. The lowest BCUT2D eigenvalue weighted by Gasteiger charge is -2.25. The smallest absolute Gasteiger partial charge is 0.325 e. The van der Waals surface area contributed by atoms with Crippen molar-refractivity contribution in [2.75, 3.05) is 31.6 Å². The number of ether oxygens (including phenoxy) is 1. The van der Waals surface area contributed by atoms with Crippen LogP contribution in [0.25, 0.3) is 10.9 Å². The molecule has 0 spiro atoms. The van der Waals surface area contributed by atoms with Crippen molar-refractivity contribution < 1.29 is 14.6 Å². The van der Waals surface area contributed by atoms with E-state index in [1.807, 2.05) is 41.8 Å². The van der Waals surface area contributed by atoms with Crippen LogP contribution in [-0.2, 0) is 29.4 Å². The summed E-state index contributed by atoms with van der Waals surface area (Å²) in [5.74, 6) is 0.231. The number of carbonyl (C=O) groups is 1. The lowest BCUT2D eigenvalue weighted by molar-refractivity contribution is -0.143. The van der Waals surface area contributed by atoms with Crippen molar-refractivity contribution in [2.24, 2.45) is 7.05 Å². The van der Waals surface area contributed by atoms with Crippen LogP contribution >= 0.6 is 0 Å². The number of aromatic nitrogens is 3. The van der Waals surface area contributed by atoms with Crippen molar-refractivity contribution in [1.82, 2.24) is 19.7 Å². The van der Waals surface area contributed by atoms with E-state index < -0.39 is 12.0 Å². The first kappa shape index (κ1) is 23.8. The number of unbranched alkanes of at least 4 members (excludes halogenated alkanes) is 1. The standard InChI is InChI=1S/C27H35N5O3/c1-18-24-22(9-5-10-23(24)31(2)30-18)25(27(33)34)32-15-13-21(17-32)35-16-4-3-8-20-12-11-19-7-6-14-28-26(19)29-20/h5,9-12,21,25H,3-4,6-8,13-17H2,1-2H3,(H,28,29)(H,33,34)/t21-,25?/m1/s1. The van der Waals surface area contributed by atoms with Gasteiger partial charge in [-0.3, -0.25) is 14.4 Å². The first-order chi connectivity index (χ1) is 17.0. The number of anilines is 1. The molecule has 3 aromatic rings. The number of carboxylic acid groups (broad SMARTS) is 1. The Morgan fingerprint density at radius 3 is 3.03 bits per heavy atom. The van der Waals surface area contributed by atoms with Gasteiger partial charge >= 0.3 is 5.97 Å². The van der Waals surface area contributed by atoms with Crippen LogP contribution in [-0.4, -0.2) is 63.1 Å². The number of hydrogen-bond acceptors (Lipinski definition) is 6. The molecular weight excluding hydrogens is 442 g/mol. The molecule has 1 fully saturated rings. The maximum atomic E-state index is 12.4. The van der Waals surface area contributed by atoms with Crippen molar-refractivity contribution >= 4 is 22.7 Å². The summed E-state index contributed by atoms with van der Waals surface area (Å²) in [5, 5.41) is 19.0. The highest BCUT2D eigenvalue weighted by molar-refractivity contribution is 5.90. The quantitative estimate of drug-likeness (QED) is 0.452.